The van der Waals surface area contributed by atoms with E-state index in [0.717, 1.165) is 0 Å². The predicted octanol–water partition coefficient (Wildman–Crippen LogP) is -0.274. The third-order valence-electron chi connectivity index (χ3n) is 3.39. The molecule has 0 spiro atoms. The van der Waals surface area contributed by atoms with E-state index in [-0.39, 0.29) is 0 Å². The molecule has 1 aromatic rings. The van der Waals surface area contributed by atoms with E-state index in [9.17, 15) is 9.59 Å². The zero-order valence-corrected chi connectivity index (χ0v) is 12.2. The molecule has 1 aliphatic heterocycles. The van der Waals surface area contributed by atoms with Crippen molar-refractivity contribution in [2.75, 3.05) is 13.6 Å². The molecule has 22 heavy (non-hydrogen) atoms. The number of aliphatic hydroxyl groups excluding tert-OH is 2. The number of rotatable bonds is 4. The number of hydrogen-bond acceptors (Lipinski definition) is 6. The van der Waals surface area contributed by atoms with Crippen LogP contribution in [0.4, 0.5) is 0 Å². The summed E-state index contributed by atoms with van der Waals surface area (Å²) in [5, 5.41) is 32.5. The largest absolute Gasteiger partial charge is 0.479 e. The van der Waals surface area contributed by atoms with E-state index in [1.54, 1.807) is 0 Å². The molecule has 8 nitrogen and oxygen atoms in total. The first-order chi connectivity index (χ1) is 10.3. The zero-order valence-electron chi connectivity index (χ0n) is 12.2. The maximum absolute atomic E-state index is 9.77. The molecule has 0 amide bonds. The van der Waals surface area contributed by atoms with Crippen LogP contribution in [0.25, 0.3) is 0 Å². The fraction of sp³-hybridized carbons (Fsp3) is 0.500. The van der Waals surface area contributed by atoms with Gasteiger partial charge in [-0.2, -0.15) is 0 Å². The van der Waals surface area contributed by atoms with Gasteiger partial charge < -0.3 is 20.4 Å². The second kappa shape index (κ2) is 8.42. The Hall–Kier alpha value is -2.03. The number of pyridine rings is 1. The van der Waals surface area contributed by atoms with Crippen molar-refractivity contribution in [2.24, 2.45) is 0 Å². The average molecular weight is 312 g/mol. The topological polar surface area (TPSA) is 131 Å². The monoisotopic (exact) mass is 312 g/mol. The van der Waals surface area contributed by atoms with Gasteiger partial charge in [0.25, 0.3) is 0 Å². The number of aromatic nitrogens is 1. The van der Waals surface area contributed by atoms with Crippen molar-refractivity contribution >= 4 is 11.9 Å². The van der Waals surface area contributed by atoms with Crippen LogP contribution in [-0.2, 0) is 9.59 Å². The van der Waals surface area contributed by atoms with Gasteiger partial charge in [-0.3, -0.25) is 9.88 Å². The van der Waals surface area contributed by atoms with Crippen LogP contribution in [0.3, 0.4) is 0 Å². The quantitative estimate of drug-likeness (QED) is 0.597. The Balaban J connectivity index is 0.000000225. The van der Waals surface area contributed by atoms with Gasteiger partial charge in [0.15, 0.2) is 12.2 Å². The third-order valence-corrected chi connectivity index (χ3v) is 3.39. The van der Waals surface area contributed by atoms with Gasteiger partial charge in [-0.1, -0.05) is 6.07 Å². The molecular formula is C14H20N2O6. The van der Waals surface area contributed by atoms with Gasteiger partial charge in [0.1, 0.15) is 0 Å². The zero-order chi connectivity index (χ0) is 16.7. The Kier molecular flexibility index (Phi) is 6.90. The molecule has 0 radical (unpaired) electrons. The minimum absolute atomic E-state index is 0.610. The summed E-state index contributed by atoms with van der Waals surface area (Å²) in [6, 6.07) is 4.79. The van der Waals surface area contributed by atoms with Crippen molar-refractivity contribution in [3.8, 4) is 0 Å². The molecule has 1 aliphatic rings. The first-order valence-electron chi connectivity index (χ1n) is 6.76. The van der Waals surface area contributed by atoms with Gasteiger partial charge in [-0.15, -0.1) is 0 Å². The van der Waals surface area contributed by atoms with Crippen molar-refractivity contribution in [3.05, 3.63) is 30.1 Å². The summed E-state index contributed by atoms with van der Waals surface area (Å²) >= 11 is 0. The van der Waals surface area contributed by atoms with Crippen LogP contribution in [0, 0.1) is 0 Å². The predicted molar refractivity (Wildman–Crippen MR) is 76.1 cm³/mol. The maximum Gasteiger partial charge on any atom is 0.335 e. The van der Waals surface area contributed by atoms with Crippen LogP contribution in [0.15, 0.2) is 24.5 Å². The van der Waals surface area contributed by atoms with E-state index >= 15 is 0 Å². The summed E-state index contributed by atoms with van der Waals surface area (Å²) in [5.74, 6) is -3.54. The first-order valence-corrected chi connectivity index (χ1v) is 6.76. The van der Waals surface area contributed by atoms with Crippen LogP contribution in [0.1, 0.15) is 24.4 Å². The fourth-order valence-electron chi connectivity index (χ4n) is 2.17. The molecule has 0 saturated carbocycles. The highest BCUT2D eigenvalue weighted by Gasteiger charge is 2.29. The summed E-state index contributed by atoms with van der Waals surface area (Å²) in [4.78, 5) is 26.1. The minimum atomic E-state index is -2.27. The number of carbonyl (C=O) groups is 2. The molecule has 0 aromatic carbocycles. The molecule has 8 heteroatoms. The van der Waals surface area contributed by atoms with Gasteiger partial charge in [0, 0.05) is 18.4 Å². The normalized spacial score (nSPS) is 20.6. The number of hydrogen-bond donors (Lipinski definition) is 4. The maximum atomic E-state index is 9.77. The smallest absolute Gasteiger partial charge is 0.335 e. The number of carboxylic acids is 2. The van der Waals surface area contributed by atoms with Crippen molar-refractivity contribution in [1.82, 2.24) is 9.88 Å². The lowest BCUT2D eigenvalue weighted by molar-refractivity contribution is -0.165. The van der Waals surface area contributed by atoms with E-state index in [2.05, 4.69) is 23.0 Å². The second-order valence-corrected chi connectivity index (χ2v) is 4.99. The number of likely N-dealkylation sites (tertiary alicyclic amines) is 1. The molecule has 1 saturated heterocycles. The molecular weight excluding hydrogens is 292 g/mol. The lowest BCUT2D eigenvalue weighted by atomic mass is 10.1. The fourth-order valence-corrected chi connectivity index (χ4v) is 2.17. The lowest BCUT2D eigenvalue weighted by Gasteiger charge is -2.18. The SMILES string of the molecule is CN1CCCC1c1cccnc1.O=C(O)C(O)[C@H](O)C(=O)O. The Morgan fingerprint density at radius 3 is 2.23 bits per heavy atom. The summed E-state index contributed by atoms with van der Waals surface area (Å²) in [7, 11) is 2.19. The second-order valence-electron chi connectivity index (χ2n) is 4.99. The number of nitrogens with zero attached hydrogens (tertiary/aromatic N) is 2. The third kappa shape index (κ3) is 5.06. The highest BCUT2D eigenvalue weighted by Crippen LogP contribution is 2.29. The molecule has 1 fully saturated rings. The molecule has 4 N–H and O–H groups in total. The summed E-state index contributed by atoms with van der Waals surface area (Å²) in [6.45, 7) is 1.22. The summed E-state index contributed by atoms with van der Waals surface area (Å²) in [6.07, 6.45) is 1.87. The van der Waals surface area contributed by atoms with Crippen molar-refractivity contribution in [3.63, 3.8) is 0 Å². The molecule has 1 aromatic heterocycles. The number of carboxylic acid groups (broad SMARTS) is 2. The Morgan fingerprint density at radius 2 is 1.86 bits per heavy atom. The molecule has 2 heterocycles. The van der Waals surface area contributed by atoms with Crippen LogP contribution in [0.5, 0.6) is 0 Å². The molecule has 122 valence electrons. The molecule has 2 unspecified atom stereocenters. The summed E-state index contributed by atoms with van der Waals surface area (Å²) < 4.78 is 0. The van der Waals surface area contributed by atoms with E-state index in [1.807, 2.05) is 18.5 Å². The van der Waals surface area contributed by atoms with Gasteiger partial charge in [0.2, 0.25) is 0 Å². The lowest BCUT2D eigenvalue weighted by Crippen LogP contribution is -2.39. The Morgan fingerprint density at radius 1 is 1.27 bits per heavy atom. The van der Waals surface area contributed by atoms with Crippen LogP contribution >= 0.6 is 0 Å². The van der Waals surface area contributed by atoms with Crippen molar-refractivity contribution in [2.45, 2.75) is 31.1 Å². The first kappa shape index (κ1) is 18.0. The van der Waals surface area contributed by atoms with Crippen molar-refractivity contribution < 1.29 is 30.0 Å². The van der Waals surface area contributed by atoms with Gasteiger partial charge >= 0.3 is 11.9 Å². The Labute approximate surface area is 127 Å². The van der Waals surface area contributed by atoms with Crippen LogP contribution in [-0.4, -0.2) is 68.0 Å². The van der Waals surface area contributed by atoms with Crippen LogP contribution < -0.4 is 0 Å². The Bertz CT molecular complexity index is 477. The molecule has 0 bridgehead atoms. The van der Waals surface area contributed by atoms with E-state index in [0.29, 0.717) is 6.04 Å². The standard InChI is InChI=1S/C10H14N2.C4H6O6/c1-12-7-3-5-10(12)9-4-2-6-11-8-9;5-1(3(7)8)2(6)4(9)10/h2,4,6,8,10H,3,5,7H2,1H3;1-2,5-6H,(H,7,8)(H,9,10)/t;1-,2?/m.0/s1. The van der Waals surface area contributed by atoms with Gasteiger partial charge in [-0.25, -0.2) is 9.59 Å². The molecule has 3 atom stereocenters. The van der Waals surface area contributed by atoms with E-state index in [1.165, 1.54) is 24.9 Å². The van der Waals surface area contributed by atoms with Crippen LogP contribution in [0.2, 0.25) is 0 Å². The number of aliphatic carboxylic acids is 2. The van der Waals surface area contributed by atoms with Gasteiger partial charge in [0.05, 0.1) is 0 Å². The molecule has 2 rings (SSSR count). The van der Waals surface area contributed by atoms with Crippen molar-refractivity contribution in [1.29, 1.82) is 0 Å². The van der Waals surface area contributed by atoms with E-state index < -0.39 is 24.1 Å². The van der Waals surface area contributed by atoms with Gasteiger partial charge in [-0.05, 0) is 38.1 Å². The number of aliphatic hydroxyl groups is 2. The minimum Gasteiger partial charge on any atom is -0.479 e. The highest BCUT2D eigenvalue weighted by atomic mass is 16.4. The highest BCUT2D eigenvalue weighted by molar-refractivity contribution is 5.83. The van der Waals surface area contributed by atoms with E-state index in [4.69, 9.17) is 20.4 Å². The molecule has 0 aliphatic carbocycles. The summed E-state index contributed by atoms with van der Waals surface area (Å²) in [5.41, 5.74) is 1.36. The average Bonchev–Trinajstić information content (AvgIpc) is 2.93.